The second-order valence-electron chi connectivity index (χ2n) is 3.65. The van der Waals surface area contributed by atoms with E-state index in [1.54, 1.807) is 14.2 Å². The van der Waals surface area contributed by atoms with E-state index in [9.17, 15) is 0 Å². The number of ether oxygens (including phenoxy) is 1. The first-order valence-corrected chi connectivity index (χ1v) is 5.08. The summed E-state index contributed by atoms with van der Waals surface area (Å²) in [4.78, 5) is 4.80. The Labute approximate surface area is 89.7 Å². The Hall–Kier alpha value is -1.51. The summed E-state index contributed by atoms with van der Waals surface area (Å²) in [7, 11) is 3.29. The molecule has 0 bridgehead atoms. The molecule has 1 aliphatic carbocycles. The molecule has 0 unspecified atom stereocenters. The van der Waals surface area contributed by atoms with Crippen molar-refractivity contribution >= 4 is 5.71 Å². The zero-order valence-corrected chi connectivity index (χ0v) is 9.12. The Bertz CT molecular complexity index is 385. The van der Waals surface area contributed by atoms with E-state index in [0.717, 1.165) is 30.7 Å². The lowest BCUT2D eigenvalue weighted by molar-refractivity contribution is 0.211. The van der Waals surface area contributed by atoms with Crippen LogP contribution < -0.4 is 4.74 Å². The van der Waals surface area contributed by atoms with Crippen LogP contribution in [-0.2, 0) is 17.7 Å². The molecule has 0 heterocycles. The van der Waals surface area contributed by atoms with Gasteiger partial charge in [0.15, 0.2) is 0 Å². The third-order valence-electron chi connectivity index (χ3n) is 2.71. The minimum atomic E-state index is 0.896. The highest BCUT2D eigenvalue weighted by Crippen LogP contribution is 2.24. The predicted molar refractivity (Wildman–Crippen MR) is 59.5 cm³/mol. The van der Waals surface area contributed by atoms with E-state index in [2.05, 4.69) is 17.3 Å². The normalized spacial score (nSPS) is 17.3. The highest BCUT2D eigenvalue weighted by atomic mass is 16.6. The number of aryl methyl sites for hydroxylation is 1. The first kappa shape index (κ1) is 10.0. The summed E-state index contributed by atoms with van der Waals surface area (Å²) in [6, 6.07) is 6.21. The molecule has 0 N–H and O–H groups in total. The number of benzene rings is 1. The van der Waals surface area contributed by atoms with Crippen LogP contribution in [0.1, 0.15) is 17.5 Å². The molecule has 3 nitrogen and oxygen atoms in total. The molecule has 80 valence electrons. The molecule has 0 atom stereocenters. The van der Waals surface area contributed by atoms with E-state index in [1.807, 2.05) is 6.07 Å². The molecule has 0 saturated heterocycles. The van der Waals surface area contributed by atoms with Crippen molar-refractivity contribution < 1.29 is 9.57 Å². The predicted octanol–water partition coefficient (Wildman–Crippen LogP) is 2.19. The topological polar surface area (TPSA) is 30.8 Å². The first-order valence-electron chi connectivity index (χ1n) is 5.08. The zero-order valence-electron chi connectivity index (χ0n) is 9.12. The molecule has 3 heteroatoms. The van der Waals surface area contributed by atoms with Crippen LogP contribution >= 0.6 is 0 Å². The van der Waals surface area contributed by atoms with E-state index < -0.39 is 0 Å². The third-order valence-corrected chi connectivity index (χ3v) is 2.71. The summed E-state index contributed by atoms with van der Waals surface area (Å²) in [5.74, 6) is 0.931. The van der Waals surface area contributed by atoms with Crippen molar-refractivity contribution in [2.45, 2.75) is 19.3 Å². The average molecular weight is 205 g/mol. The minimum absolute atomic E-state index is 0.896. The number of hydrogen-bond acceptors (Lipinski definition) is 3. The Kier molecular flexibility index (Phi) is 2.90. The van der Waals surface area contributed by atoms with Crippen LogP contribution in [0.3, 0.4) is 0 Å². The van der Waals surface area contributed by atoms with Crippen LogP contribution in [0.4, 0.5) is 0 Å². The van der Waals surface area contributed by atoms with Gasteiger partial charge in [0.1, 0.15) is 12.9 Å². The van der Waals surface area contributed by atoms with Crippen molar-refractivity contribution in [1.82, 2.24) is 0 Å². The van der Waals surface area contributed by atoms with E-state index in [-0.39, 0.29) is 0 Å². The van der Waals surface area contributed by atoms with Gasteiger partial charge in [-0.25, -0.2) is 0 Å². The van der Waals surface area contributed by atoms with Gasteiger partial charge in [0.25, 0.3) is 0 Å². The standard InChI is InChI=1S/C12H15NO2/c1-14-12-6-4-9-7-11(13-15-2)5-3-10(9)8-12/h4,6,8H,3,5,7H2,1-2H3/b13-11+. The average Bonchev–Trinajstić information content (AvgIpc) is 2.29. The molecule has 1 aliphatic rings. The molecule has 1 aromatic carbocycles. The largest absolute Gasteiger partial charge is 0.497 e. The SMILES string of the molecule is CO/N=C1\CCc2cc(OC)ccc2C1. The fraction of sp³-hybridized carbons (Fsp3) is 0.417. The monoisotopic (exact) mass is 205 g/mol. The van der Waals surface area contributed by atoms with Gasteiger partial charge in [-0.05, 0) is 36.1 Å². The molecule has 0 aliphatic heterocycles. The van der Waals surface area contributed by atoms with Gasteiger partial charge in [-0.1, -0.05) is 11.2 Å². The maximum atomic E-state index is 5.20. The van der Waals surface area contributed by atoms with Gasteiger partial charge < -0.3 is 9.57 Å². The fourth-order valence-electron chi connectivity index (χ4n) is 1.93. The molecule has 0 saturated carbocycles. The second-order valence-corrected chi connectivity index (χ2v) is 3.65. The molecular formula is C12H15NO2. The molecule has 15 heavy (non-hydrogen) atoms. The number of nitrogens with zero attached hydrogens (tertiary/aromatic N) is 1. The fourth-order valence-corrected chi connectivity index (χ4v) is 1.93. The number of methoxy groups -OCH3 is 1. The van der Waals surface area contributed by atoms with Gasteiger partial charge in [0, 0.05) is 6.42 Å². The van der Waals surface area contributed by atoms with Gasteiger partial charge in [-0.3, -0.25) is 0 Å². The van der Waals surface area contributed by atoms with Gasteiger partial charge >= 0.3 is 0 Å². The van der Waals surface area contributed by atoms with Crippen LogP contribution in [0, 0.1) is 0 Å². The highest BCUT2D eigenvalue weighted by Gasteiger charge is 2.15. The highest BCUT2D eigenvalue weighted by molar-refractivity contribution is 5.88. The van der Waals surface area contributed by atoms with Gasteiger partial charge in [-0.2, -0.15) is 0 Å². The van der Waals surface area contributed by atoms with E-state index in [0.29, 0.717) is 0 Å². The zero-order chi connectivity index (χ0) is 10.7. The second kappa shape index (κ2) is 4.34. The van der Waals surface area contributed by atoms with Crippen molar-refractivity contribution in [1.29, 1.82) is 0 Å². The lowest BCUT2D eigenvalue weighted by atomic mass is 9.90. The number of rotatable bonds is 2. The first-order chi connectivity index (χ1) is 7.33. The summed E-state index contributed by atoms with van der Waals surface area (Å²) in [6.07, 6.45) is 2.90. The third kappa shape index (κ3) is 2.12. The summed E-state index contributed by atoms with van der Waals surface area (Å²) < 4.78 is 5.20. The summed E-state index contributed by atoms with van der Waals surface area (Å²) in [6.45, 7) is 0. The Morgan fingerprint density at radius 3 is 2.73 bits per heavy atom. The molecule has 0 aromatic heterocycles. The number of fused-ring (bicyclic) bond motifs is 1. The van der Waals surface area contributed by atoms with Crippen LogP contribution in [0.25, 0.3) is 0 Å². The smallest absolute Gasteiger partial charge is 0.119 e. The summed E-state index contributed by atoms with van der Waals surface area (Å²) >= 11 is 0. The van der Waals surface area contributed by atoms with E-state index in [1.165, 1.54) is 11.1 Å². The van der Waals surface area contributed by atoms with Crippen LogP contribution in [0.2, 0.25) is 0 Å². The van der Waals surface area contributed by atoms with Gasteiger partial charge in [0.05, 0.1) is 12.8 Å². The molecule has 0 fully saturated rings. The van der Waals surface area contributed by atoms with Gasteiger partial charge in [-0.15, -0.1) is 0 Å². The number of hydrogen-bond donors (Lipinski definition) is 0. The number of oxime groups is 1. The van der Waals surface area contributed by atoms with Gasteiger partial charge in [0.2, 0.25) is 0 Å². The van der Waals surface area contributed by atoms with Crippen molar-refractivity contribution in [3.8, 4) is 5.75 Å². The molecule has 0 amide bonds. The van der Waals surface area contributed by atoms with Crippen LogP contribution in [-0.4, -0.2) is 19.9 Å². The van der Waals surface area contributed by atoms with Crippen molar-refractivity contribution in [2.24, 2.45) is 5.16 Å². The Morgan fingerprint density at radius 1 is 1.13 bits per heavy atom. The maximum absolute atomic E-state index is 5.20. The molecule has 0 spiro atoms. The van der Waals surface area contributed by atoms with Crippen LogP contribution in [0.15, 0.2) is 23.4 Å². The van der Waals surface area contributed by atoms with Crippen molar-refractivity contribution in [2.75, 3.05) is 14.2 Å². The van der Waals surface area contributed by atoms with Crippen LogP contribution in [0.5, 0.6) is 5.75 Å². The molecule has 0 radical (unpaired) electrons. The lowest BCUT2D eigenvalue weighted by Crippen LogP contribution is -2.14. The van der Waals surface area contributed by atoms with Crippen molar-refractivity contribution in [3.63, 3.8) is 0 Å². The van der Waals surface area contributed by atoms with E-state index in [4.69, 9.17) is 9.57 Å². The van der Waals surface area contributed by atoms with E-state index >= 15 is 0 Å². The quantitative estimate of drug-likeness (QED) is 0.693. The maximum Gasteiger partial charge on any atom is 0.119 e. The summed E-state index contributed by atoms with van der Waals surface area (Å²) in [5.41, 5.74) is 3.82. The Balaban J connectivity index is 2.24. The minimum Gasteiger partial charge on any atom is -0.497 e. The lowest BCUT2D eigenvalue weighted by Gasteiger charge is -2.17. The molecular weight excluding hydrogens is 190 g/mol. The molecule has 2 rings (SSSR count). The summed E-state index contributed by atoms with van der Waals surface area (Å²) in [5, 5.41) is 4.01. The van der Waals surface area contributed by atoms with Crippen molar-refractivity contribution in [3.05, 3.63) is 29.3 Å². The molecule has 1 aromatic rings. The Morgan fingerprint density at radius 2 is 2.00 bits per heavy atom.